The highest BCUT2D eigenvalue weighted by molar-refractivity contribution is 5.94. The number of aromatic nitrogens is 3. The van der Waals surface area contributed by atoms with Crippen molar-refractivity contribution < 1.29 is 9.53 Å². The van der Waals surface area contributed by atoms with E-state index in [9.17, 15) is 9.59 Å². The first-order valence-electron chi connectivity index (χ1n) is 9.85. The first-order valence-corrected chi connectivity index (χ1v) is 9.85. The van der Waals surface area contributed by atoms with Crippen molar-refractivity contribution in [3.8, 4) is 23.0 Å². The Labute approximate surface area is 180 Å². The standard InChI is InChI=1S/C23H25N5O3/c1-15-11-16(12-24)5-7-18(15)19-14-26-28(22(19)30)20-8-6-17(13-25-20)21(29)27-23(2,3)9-10-31-4/h5-8,11,13-14,26H,9-10H2,1-4H3,(H,27,29). The zero-order chi connectivity index (χ0) is 22.6. The summed E-state index contributed by atoms with van der Waals surface area (Å²) >= 11 is 0. The molecule has 3 aromatic rings. The highest BCUT2D eigenvalue weighted by Gasteiger charge is 2.21. The second-order valence-electron chi connectivity index (χ2n) is 7.96. The Morgan fingerprint density at radius 3 is 2.68 bits per heavy atom. The molecule has 0 aliphatic carbocycles. The van der Waals surface area contributed by atoms with Gasteiger partial charge in [-0.25, -0.2) is 9.67 Å². The van der Waals surface area contributed by atoms with Crippen molar-refractivity contribution in [3.05, 3.63) is 69.8 Å². The number of nitrogens with zero attached hydrogens (tertiary/aromatic N) is 3. The van der Waals surface area contributed by atoms with Gasteiger partial charge in [-0.15, -0.1) is 0 Å². The molecule has 0 saturated carbocycles. The summed E-state index contributed by atoms with van der Waals surface area (Å²) in [5.74, 6) is 0.130. The molecule has 8 heteroatoms. The average molecular weight is 419 g/mol. The zero-order valence-corrected chi connectivity index (χ0v) is 18.0. The predicted octanol–water partition coefficient (Wildman–Crippen LogP) is 2.95. The van der Waals surface area contributed by atoms with Crippen LogP contribution >= 0.6 is 0 Å². The minimum Gasteiger partial charge on any atom is -0.385 e. The van der Waals surface area contributed by atoms with E-state index in [4.69, 9.17) is 10.00 Å². The number of benzene rings is 1. The number of pyridine rings is 1. The van der Waals surface area contributed by atoms with Crippen LogP contribution in [0.3, 0.4) is 0 Å². The smallest absolute Gasteiger partial charge is 0.280 e. The number of methoxy groups -OCH3 is 1. The number of ether oxygens (including phenoxy) is 1. The topological polar surface area (TPSA) is 113 Å². The van der Waals surface area contributed by atoms with Crippen molar-refractivity contribution in [2.24, 2.45) is 0 Å². The lowest BCUT2D eigenvalue weighted by atomic mass is 10.0. The van der Waals surface area contributed by atoms with E-state index in [0.29, 0.717) is 35.5 Å². The number of nitrogens with one attached hydrogen (secondary N) is 2. The molecular formula is C23H25N5O3. The summed E-state index contributed by atoms with van der Waals surface area (Å²) in [7, 11) is 1.62. The van der Waals surface area contributed by atoms with E-state index in [1.54, 1.807) is 43.6 Å². The van der Waals surface area contributed by atoms with Gasteiger partial charge in [0, 0.05) is 31.6 Å². The van der Waals surface area contributed by atoms with Gasteiger partial charge in [0.2, 0.25) is 0 Å². The summed E-state index contributed by atoms with van der Waals surface area (Å²) in [4.78, 5) is 29.7. The quantitative estimate of drug-likeness (QED) is 0.611. The highest BCUT2D eigenvalue weighted by atomic mass is 16.5. The van der Waals surface area contributed by atoms with Crippen molar-refractivity contribution in [2.75, 3.05) is 13.7 Å². The molecule has 0 atom stereocenters. The van der Waals surface area contributed by atoms with E-state index in [2.05, 4.69) is 21.5 Å². The first kappa shape index (κ1) is 22.0. The van der Waals surface area contributed by atoms with Gasteiger partial charge in [-0.05, 0) is 62.6 Å². The Morgan fingerprint density at radius 1 is 1.29 bits per heavy atom. The lowest BCUT2D eigenvalue weighted by Crippen LogP contribution is -2.44. The van der Waals surface area contributed by atoms with Crippen LogP contribution in [0.2, 0.25) is 0 Å². The lowest BCUT2D eigenvalue weighted by Gasteiger charge is -2.25. The summed E-state index contributed by atoms with van der Waals surface area (Å²) in [6.45, 7) is 6.25. The Morgan fingerprint density at radius 2 is 2.06 bits per heavy atom. The van der Waals surface area contributed by atoms with Crippen molar-refractivity contribution in [1.29, 1.82) is 5.26 Å². The van der Waals surface area contributed by atoms with E-state index < -0.39 is 5.54 Å². The lowest BCUT2D eigenvalue weighted by molar-refractivity contribution is 0.0887. The van der Waals surface area contributed by atoms with Gasteiger partial charge in [0.1, 0.15) is 0 Å². The van der Waals surface area contributed by atoms with Crippen molar-refractivity contribution in [1.82, 2.24) is 20.1 Å². The molecule has 0 fully saturated rings. The number of aromatic amines is 1. The molecule has 1 amide bonds. The van der Waals surface area contributed by atoms with Crippen LogP contribution in [0.15, 0.2) is 47.5 Å². The maximum atomic E-state index is 12.9. The molecular weight excluding hydrogens is 394 g/mol. The van der Waals surface area contributed by atoms with Crippen LogP contribution in [0.1, 0.15) is 41.8 Å². The van der Waals surface area contributed by atoms with Crippen LogP contribution in [-0.4, -0.2) is 39.9 Å². The average Bonchev–Trinajstić information content (AvgIpc) is 3.13. The Balaban J connectivity index is 1.82. The zero-order valence-electron chi connectivity index (χ0n) is 18.0. The SMILES string of the molecule is COCCC(C)(C)NC(=O)c1ccc(-n2[nH]cc(-c3ccc(C#N)cc3C)c2=O)nc1. The molecule has 2 N–H and O–H groups in total. The van der Waals surface area contributed by atoms with Gasteiger partial charge in [0.15, 0.2) is 5.82 Å². The van der Waals surface area contributed by atoms with Crippen molar-refractivity contribution in [2.45, 2.75) is 32.7 Å². The number of aryl methyl sites for hydroxylation is 1. The van der Waals surface area contributed by atoms with Gasteiger partial charge in [0.25, 0.3) is 11.5 Å². The summed E-state index contributed by atoms with van der Waals surface area (Å²) in [5.41, 5.74) is 2.31. The Hall–Kier alpha value is -3.70. The predicted molar refractivity (Wildman–Crippen MR) is 117 cm³/mol. The second-order valence-corrected chi connectivity index (χ2v) is 7.96. The van der Waals surface area contributed by atoms with E-state index >= 15 is 0 Å². The summed E-state index contributed by atoms with van der Waals surface area (Å²) in [6, 6.07) is 10.5. The fourth-order valence-corrected chi connectivity index (χ4v) is 3.22. The maximum absolute atomic E-state index is 12.9. The largest absolute Gasteiger partial charge is 0.385 e. The van der Waals surface area contributed by atoms with Crippen LogP contribution in [0, 0.1) is 18.3 Å². The molecule has 2 heterocycles. The maximum Gasteiger partial charge on any atom is 0.280 e. The molecule has 2 aromatic heterocycles. The fraction of sp³-hybridized carbons (Fsp3) is 0.304. The number of H-pyrrole nitrogens is 1. The highest BCUT2D eigenvalue weighted by Crippen LogP contribution is 2.21. The van der Waals surface area contributed by atoms with Gasteiger partial charge in [-0.2, -0.15) is 5.26 Å². The van der Waals surface area contributed by atoms with Crippen LogP contribution in [0.5, 0.6) is 0 Å². The Kier molecular flexibility index (Phi) is 6.37. The molecule has 31 heavy (non-hydrogen) atoms. The molecule has 0 radical (unpaired) electrons. The number of rotatable bonds is 7. The number of carbonyl (C=O) groups is 1. The molecule has 1 aromatic carbocycles. The molecule has 0 aliphatic heterocycles. The van der Waals surface area contributed by atoms with Gasteiger partial charge in [0.05, 0.1) is 22.8 Å². The van der Waals surface area contributed by atoms with E-state index in [-0.39, 0.29) is 11.5 Å². The Bertz CT molecular complexity index is 1180. The number of hydrogen-bond acceptors (Lipinski definition) is 5. The van der Waals surface area contributed by atoms with Crippen molar-refractivity contribution >= 4 is 5.91 Å². The van der Waals surface area contributed by atoms with Gasteiger partial charge < -0.3 is 10.1 Å². The molecule has 3 rings (SSSR count). The molecule has 0 spiro atoms. The van der Waals surface area contributed by atoms with Gasteiger partial charge in [-0.3, -0.25) is 14.7 Å². The molecule has 0 saturated heterocycles. The van der Waals surface area contributed by atoms with E-state index in [0.717, 1.165) is 11.1 Å². The molecule has 0 aliphatic rings. The summed E-state index contributed by atoms with van der Waals surface area (Å²) in [5, 5.41) is 14.9. The number of carbonyl (C=O) groups excluding carboxylic acids is 1. The van der Waals surface area contributed by atoms with Crippen LogP contribution in [-0.2, 0) is 4.74 Å². The second kappa shape index (κ2) is 8.98. The van der Waals surface area contributed by atoms with Gasteiger partial charge >= 0.3 is 0 Å². The third-order valence-electron chi connectivity index (χ3n) is 5.04. The van der Waals surface area contributed by atoms with Crippen LogP contribution in [0.25, 0.3) is 16.9 Å². The third kappa shape index (κ3) is 4.90. The van der Waals surface area contributed by atoms with E-state index in [1.165, 1.54) is 10.9 Å². The number of hydrogen-bond donors (Lipinski definition) is 2. The fourth-order valence-electron chi connectivity index (χ4n) is 3.22. The van der Waals surface area contributed by atoms with Crippen molar-refractivity contribution in [3.63, 3.8) is 0 Å². The third-order valence-corrected chi connectivity index (χ3v) is 5.04. The molecule has 8 nitrogen and oxygen atoms in total. The van der Waals surface area contributed by atoms with Gasteiger partial charge in [-0.1, -0.05) is 6.07 Å². The van der Waals surface area contributed by atoms with E-state index in [1.807, 2.05) is 20.8 Å². The number of nitriles is 1. The first-order chi connectivity index (χ1) is 14.8. The molecule has 0 unspecified atom stereocenters. The van der Waals surface area contributed by atoms with Crippen LogP contribution in [0.4, 0.5) is 0 Å². The number of amides is 1. The van der Waals surface area contributed by atoms with Crippen LogP contribution < -0.4 is 10.9 Å². The minimum atomic E-state index is -0.421. The molecule has 160 valence electrons. The minimum absolute atomic E-state index is 0.243. The normalized spacial score (nSPS) is 11.2. The summed E-state index contributed by atoms with van der Waals surface area (Å²) < 4.78 is 6.40. The molecule has 0 bridgehead atoms. The monoisotopic (exact) mass is 419 g/mol. The summed E-state index contributed by atoms with van der Waals surface area (Å²) in [6.07, 6.45) is 3.73.